The fourth-order valence-electron chi connectivity index (χ4n) is 1.53. The minimum atomic E-state index is -1.000. The Labute approximate surface area is 118 Å². The lowest BCUT2D eigenvalue weighted by Gasteiger charge is -2.06. The van der Waals surface area contributed by atoms with Crippen molar-refractivity contribution in [3.05, 3.63) is 41.5 Å². The Hall–Kier alpha value is -2.90. The average molecular weight is 294 g/mol. The summed E-state index contributed by atoms with van der Waals surface area (Å²) in [4.78, 5) is 26.3. The van der Waals surface area contributed by atoms with Crippen molar-refractivity contribution in [2.75, 3.05) is 6.61 Å². The number of nitrogens with zero attached hydrogens (tertiary/aromatic N) is 1. The minimum absolute atomic E-state index is 0.108. The summed E-state index contributed by atoms with van der Waals surface area (Å²) in [5, 5.41) is 0. The summed E-state index contributed by atoms with van der Waals surface area (Å²) < 4.78 is 28.3. The van der Waals surface area contributed by atoms with Crippen LogP contribution in [0.15, 0.2) is 28.9 Å². The normalized spacial score (nSPS) is 10.2. The highest BCUT2D eigenvalue weighted by molar-refractivity contribution is 5.96. The summed E-state index contributed by atoms with van der Waals surface area (Å²) in [6.07, 6.45) is 0.683. The third-order valence-electron chi connectivity index (χ3n) is 2.39. The number of amides is 1. The van der Waals surface area contributed by atoms with Gasteiger partial charge in [0.15, 0.2) is 5.69 Å². The SMILES string of the molecule is CCOC(=O)c1coc(Oc2cccc(F)c2C(N)=O)n1. The van der Waals surface area contributed by atoms with Gasteiger partial charge in [-0.05, 0) is 19.1 Å². The predicted octanol–water partition coefficient (Wildman–Crippen LogP) is 1.88. The molecule has 21 heavy (non-hydrogen) atoms. The van der Waals surface area contributed by atoms with E-state index in [1.165, 1.54) is 12.1 Å². The van der Waals surface area contributed by atoms with Crippen LogP contribution in [0.4, 0.5) is 4.39 Å². The highest BCUT2D eigenvalue weighted by atomic mass is 19.1. The Morgan fingerprint density at radius 2 is 2.19 bits per heavy atom. The molecule has 7 nitrogen and oxygen atoms in total. The maximum atomic E-state index is 13.5. The van der Waals surface area contributed by atoms with E-state index in [4.69, 9.17) is 19.6 Å². The highest BCUT2D eigenvalue weighted by Gasteiger charge is 2.19. The molecule has 1 heterocycles. The van der Waals surface area contributed by atoms with Gasteiger partial charge in [0.25, 0.3) is 5.91 Å². The van der Waals surface area contributed by atoms with Gasteiger partial charge in [-0.1, -0.05) is 6.07 Å². The van der Waals surface area contributed by atoms with Gasteiger partial charge in [-0.2, -0.15) is 4.98 Å². The van der Waals surface area contributed by atoms with Crippen molar-refractivity contribution < 1.29 is 27.9 Å². The van der Waals surface area contributed by atoms with Crippen LogP contribution in [0, 0.1) is 5.82 Å². The van der Waals surface area contributed by atoms with Gasteiger partial charge in [-0.15, -0.1) is 0 Å². The van der Waals surface area contributed by atoms with E-state index in [1.54, 1.807) is 6.92 Å². The van der Waals surface area contributed by atoms with Gasteiger partial charge in [0.2, 0.25) is 0 Å². The predicted molar refractivity (Wildman–Crippen MR) is 67.5 cm³/mol. The van der Waals surface area contributed by atoms with Gasteiger partial charge in [0.05, 0.1) is 6.61 Å². The molecule has 0 aliphatic heterocycles. The van der Waals surface area contributed by atoms with E-state index in [0.717, 1.165) is 12.3 Å². The Kier molecular flexibility index (Phi) is 4.17. The number of hydrogen-bond acceptors (Lipinski definition) is 6. The molecular weight excluding hydrogens is 283 g/mol. The average Bonchev–Trinajstić information content (AvgIpc) is 2.87. The number of rotatable bonds is 5. The molecule has 0 bridgehead atoms. The first-order chi connectivity index (χ1) is 10.0. The highest BCUT2D eigenvalue weighted by Crippen LogP contribution is 2.26. The zero-order valence-electron chi connectivity index (χ0n) is 11.0. The van der Waals surface area contributed by atoms with Crippen molar-refractivity contribution in [1.29, 1.82) is 0 Å². The fraction of sp³-hybridized carbons (Fsp3) is 0.154. The van der Waals surface area contributed by atoms with E-state index in [1.807, 2.05) is 0 Å². The van der Waals surface area contributed by atoms with Crippen molar-refractivity contribution in [1.82, 2.24) is 4.98 Å². The standard InChI is InChI=1S/C13H11FN2O5/c1-2-19-12(18)8-6-20-13(16-8)21-9-5-3-4-7(14)10(9)11(15)17/h3-6H,2H2,1H3,(H2,15,17). The fourth-order valence-corrected chi connectivity index (χ4v) is 1.53. The first-order valence-corrected chi connectivity index (χ1v) is 5.91. The Morgan fingerprint density at radius 1 is 1.43 bits per heavy atom. The zero-order valence-corrected chi connectivity index (χ0v) is 11.0. The summed E-state index contributed by atoms with van der Waals surface area (Å²) in [5.74, 6) is -2.69. The number of primary amides is 1. The topological polar surface area (TPSA) is 105 Å². The van der Waals surface area contributed by atoms with Crippen molar-refractivity contribution in [3.8, 4) is 11.8 Å². The van der Waals surface area contributed by atoms with E-state index in [0.29, 0.717) is 0 Å². The first kappa shape index (κ1) is 14.5. The van der Waals surface area contributed by atoms with Gasteiger partial charge in [0.1, 0.15) is 23.4 Å². The number of benzene rings is 1. The van der Waals surface area contributed by atoms with Gasteiger partial charge < -0.3 is 19.6 Å². The molecule has 1 aromatic carbocycles. The number of hydrogen-bond donors (Lipinski definition) is 1. The van der Waals surface area contributed by atoms with E-state index in [-0.39, 0.29) is 24.1 Å². The lowest BCUT2D eigenvalue weighted by molar-refractivity contribution is 0.0519. The van der Waals surface area contributed by atoms with Gasteiger partial charge in [-0.3, -0.25) is 4.79 Å². The van der Waals surface area contributed by atoms with Crippen molar-refractivity contribution in [2.45, 2.75) is 6.92 Å². The monoisotopic (exact) mass is 294 g/mol. The summed E-state index contributed by atoms with van der Waals surface area (Å²) in [6.45, 7) is 1.82. The van der Waals surface area contributed by atoms with E-state index >= 15 is 0 Å². The molecule has 1 amide bonds. The Balaban J connectivity index is 2.25. The molecule has 110 valence electrons. The number of halogens is 1. The second kappa shape index (κ2) is 6.04. The van der Waals surface area contributed by atoms with Crippen molar-refractivity contribution in [3.63, 3.8) is 0 Å². The van der Waals surface area contributed by atoms with E-state index < -0.39 is 23.3 Å². The Bertz CT molecular complexity index is 683. The van der Waals surface area contributed by atoms with Crippen molar-refractivity contribution >= 4 is 11.9 Å². The van der Waals surface area contributed by atoms with Crippen LogP contribution in [0.5, 0.6) is 11.8 Å². The molecule has 0 fully saturated rings. The number of aromatic nitrogens is 1. The smallest absolute Gasteiger partial charge is 0.399 e. The van der Waals surface area contributed by atoms with E-state index in [9.17, 15) is 14.0 Å². The molecule has 0 atom stereocenters. The molecule has 0 unspecified atom stereocenters. The third kappa shape index (κ3) is 3.16. The number of ether oxygens (including phenoxy) is 2. The minimum Gasteiger partial charge on any atom is -0.461 e. The number of carbonyl (C=O) groups is 2. The molecule has 0 saturated heterocycles. The summed E-state index contributed by atoms with van der Waals surface area (Å²) in [6, 6.07) is 3.70. The zero-order chi connectivity index (χ0) is 15.4. The van der Waals surface area contributed by atoms with Crippen LogP contribution in [0.1, 0.15) is 27.8 Å². The van der Waals surface area contributed by atoms with Crippen LogP contribution >= 0.6 is 0 Å². The van der Waals surface area contributed by atoms with Gasteiger partial charge >= 0.3 is 12.0 Å². The molecule has 0 spiro atoms. The molecule has 8 heteroatoms. The molecule has 0 radical (unpaired) electrons. The second-order valence-electron chi connectivity index (χ2n) is 3.80. The second-order valence-corrected chi connectivity index (χ2v) is 3.80. The first-order valence-electron chi connectivity index (χ1n) is 5.91. The van der Waals surface area contributed by atoms with Crippen LogP contribution in [-0.4, -0.2) is 23.5 Å². The number of carbonyl (C=O) groups excluding carboxylic acids is 2. The van der Waals surface area contributed by atoms with Crippen molar-refractivity contribution in [2.24, 2.45) is 5.73 Å². The van der Waals surface area contributed by atoms with Gasteiger partial charge in [-0.25, -0.2) is 9.18 Å². The van der Waals surface area contributed by atoms with E-state index in [2.05, 4.69) is 4.98 Å². The molecule has 0 saturated carbocycles. The largest absolute Gasteiger partial charge is 0.461 e. The van der Waals surface area contributed by atoms with Crippen LogP contribution < -0.4 is 10.5 Å². The van der Waals surface area contributed by atoms with Crippen LogP contribution in [0.25, 0.3) is 0 Å². The number of oxazole rings is 1. The molecule has 1 aromatic heterocycles. The summed E-state index contributed by atoms with van der Waals surface area (Å²) in [7, 11) is 0. The number of esters is 1. The molecule has 0 aliphatic carbocycles. The quantitative estimate of drug-likeness (QED) is 0.844. The lowest BCUT2D eigenvalue weighted by Crippen LogP contribution is -2.14. The molecule has 2 N–H and O–H groups in total. The third-order valence-corrected chi connectivity index (χ3v) is 2.39. The maximum absolute atomic E-state index is 13.5. The Morgan fingerprint density at radius 3 is 2.86 bits per heavy atom. The van der Waals surface area contributed by atoms with Gasteiger partial charge in [0, 0.05) is 0 Å². The maximum Gasteiger partial charge on any atom is 0.399 e. The lowest BCUT2D eigenvalue weighted by atomic mass is 10.2. The summed E-state index contributed by atoms with van der Waals surface area (Å²) in [5.41, 5.74) is 4.53. The van der Waals surface area contributed by atoms with Crippen LogP contribution in [0.2, 0.25) is 0 Å². The molecule has 2 rings (SSSR count). The molecule has 2 aromatic rings. The molecule has 0 aliphatic rings. The van der Waals surface area contributed by atoms with Crippen LogP contribution in [0.3, 0.4) is 0 Å². The summed E-state index contributed by atoms with van der Waals surface area (Å²) >= 11 is 0. The van der Waals surface area contributed by atoms with Crippen LogP contribution in [-0.2, 0) is 4.74 Å². The molecular formula is C13H11FN2O5. The number of nitrogens with two attached hydrogens (primary N) is 1.